The van der Waals surface area contributed by atoms with Crippen LogP contribution in [0.2, 0.25) is 0 Å². The molecule has 0 saturated heterocycles. The lowest BCUT2D eigenvalue weighted by Gasteiger charge is -2.08. The van der Waals surface area contributed by atoms with E-state index < -0.39 is 6.10 Å². The number of thiophene rings is 1. The standard InChI is InChI=1S/C17H14N2OS/c20-16(14-10-18-19-8-4-3-6-15(14)19)9-12-11-21-17-7-2-1-5-13(12)17/h1-8,10-11,16,20H,9H2. The van der Waals surface area contributed by atoms with Gasteiger partial charge in [0.25, 0.3) is 0 Å². The van der Waals surface area contributed by atoms with Gasteiger partial charge >= 0.3 is 0 Å². The summed E-state index contributed by atoms with van der Waals surface area (Å²) in [5, 5.41) is 18.3. The van der Waals surface area contributed by atoms with Crippen LogP contribution in [-0.2, 0) is 6.42 Å². The first-order valence-electron chi connectivity index (χ1n) is 6.88. The predicted molar refractivity (Wildman–Crippen MR) is 85.7 cm³/mol. The zero-order chi connectivity index (χ0) is 14.2. The molecule has 3 aromatic heterocycles. The molecular weight excluding hydrogens is 280 g/mol. The maximum Gasteiger partial charge on any atom is 0.0867 e. The minimum Gasteiger partial charge on any atom is -0.388 e. The van der Waals surface area contributed by atoms with Crippen molar-refractivity contribution in [2.24, 2.45) is 0 Å². The minimum absolute atomic E-state index is 0.539. The number of aromatic nitrogens is 2. The summed E-state index contributed by atoms with van der Waals surface area (Å²) in [5.74, 6) is 0. The van der Waals surface area contributed by atoms with Crippen LogP contribution in [0.3, 0.4) is 0 Å². The highest BCUT2D eigenvalue weighted by Gasteiger charge is 2.16. The molecule has 0 aliphatic heterocycles. The summed E-state index contributed by atoms with van der Waals surface area (Å²) >= 11 is 1.72. The van der Waals surface area contributed by atoms with Crippen LogP contribution < -0.4 is 0 Å². The second-order valence-electron chi connectivity index (χ2n) is 5.11. The Labute approximate surface area is 126 Å². The normalized spacial score (nSPS) is 13.0. The van der Waals surface area contributed by atoms with E-state index in [-0.39, 0.29) is 0 Å². The largest absolute Gasteiger partial charge is 0.388 e. The lowest BCUT2D eigenvalue weighted by Crippen LogP contribution is -2.01. The van der Waals surface area contributed by atoms with Gasteiger partial charge in [0, 0.05) is 22.9 Å². The number of rotatable bonds is 3. The Bertz CT molecular complexity index is 909. The Morgan fingerprint density at radius 1 is 1.14 bits per heavy atom. The first-order valence-corrected chi connectivity index (χ1v) is 7.76. The van der Waals surface area contributed by atoms with Crippen LogP contribution in [0.1, 0.15) is 17.2 Å². The van der Waals surface area contributed by atoms with E-state index in [1.165, 1.54) is 15.6 Å². The number of hydrogen-bond donors (Lipinski definition) is 1. The second-order valence-corrected chi connectivity index (χ2v) is 6.02. The molecule has 21 heavy (non-hydrogen) atoms. The van der Waals surface area contributed by atoms with Crippen LogP contribution in [-0.4, -0.2) is 14.7 Å². The molecule has 0 amide bonds. The smallest absolute Gasteiger partial charge is 0.0867 e. The summed E-state index contributed by atoms with van der Waals surface area (Å²) < 4.78 is 3.06. The molecule has 0 radical (unpaired) electrons. The molecule has 0 saturated carbocycles. The molecule has 0 aliphatic rings. The van der Waals surface area contributed by atoms with Crippen molar-refractivity contribution in [1.82, 2.24) is 9.61 Å². The second kappa shape index (κ2) is 4.98. The molecule has 4 rings (SSSR count). The zero-order valence-electron chi connectivity index (χ0n) is 11.3. The van der Waals surface area contributed by atoms with Crippen LogP contribution in [0.25, 0.3) is 15.6 Å². The first-order chi connectivity index (χ1) is 10.3. The number of aliphatic hydroxyl groups is 1. The Morgan fingerprint density at radius 2 is 2.00 bits per heavy atom. The van der Waals surface area contributed by atoms with E-state index >= 15 is 0 Å². The molecule has 1 N–H and O–H groups in total. The molecule has 4 aromatic rings. The van der Waals surface area contributed by atoms with E-state index in [1.807, 2.05) is 36.5 Å². The van der Waals surface area contributed by atoms with E-state index in [0.29, 0.717) is 6.42 Å². The molecule has 4 heteroatoms. The topological polar surface area (TPSA) is 37.5 Å². The van der Waals surface area contributed by atoms with E-state index in [4.69, 9.17) is 0 Å². The Hall–Kier alpha value is -2.17. The Kier molecular flexibility index (Phi) is 2.98. The SMILES string of the molecule is OC(Cc1csc2ccccc12)c1cnn2ccccc12. The predicted octanol–water partition coefficient (Wildman–Crippen LogP) is 3.83. The number of fused-ring (bicyclic) bond motifs is 2. The van der Waals surface area contributed by atoms with Gasteiger partial charge in [-0.15, -0.1) is 11.3 Å². The molecule has 3 nitrogen and oxygen atoms in total. The maximum atomic E-state index is 10.6. The summed E-state index contributed by atoms with van der Waals surface area (Å²) in [5.41, 5.74) is 3.04. The molecular formula is C17H14N2OS. The quantitative estimate of drug-likeness (QED) is 0.623. The number of benzene rings is 1. The van der Waals surface area contributed by atoms with E-state index in [9.17, 15) is 5.11 Å². The average molecular weight is 294 g/mol. The number of aliphatic hydroxyl groups excluding tert-OH is 1. The molecule has 1 aromatic carbocycles. The highest BCUT2D eigenvalue weighted by Crippen LogP contribution is 2.30. The third kappa shape index (κ3) is 2.13. The van der Waals surface area contributed by atoms with Gasteiger partial charge in [-0.3, -0.25) is 0 Å². The fourth-order valence-corrected chi connectivity index (χ4v) is 3.70. The van der Waals surface area contributed by atoms with Crippen molar-refractivity contribution >= 4 is 26.9 Å². The summed E-state index contributed by atoms with van der Waals surface area (Å²) in [6.45, 7) is 0. The first kappa shape index (κ1) is 12.6. The van der Waals surface area contributed by atoms with Crippen molar-refractivity contribution in [3.63, 3.8) is 0 Å². The van der Waals surface area contributed by atoms with Crippen LogP contribution >= 0.6 is 11.3 Å². The van der Waals surface area contributed by atoms with Crippen molar-refractivity contribution in [2.45, 2.75) is 12.5 Å². The molecule has 0 bridgehead atoms. The summed E-state index contributed by atoms with van der Waals surface area (Å²) in [4.78, 5) is 0. The minimum atomic E-state index is -0.539. The zero-order valence-corrected chi connectivity index (χ0v) is 12.1. The molecule has 0 spiro atoms. The molecule has 0 aliphatic carbocycles. The Balaban J connectivity index is 1.71. The number of nitrogens with zero attached hydrogens (tertiary/aromatic N) is 2. The number of pyridine rings is 1. The molecule has 0 fully saturated rings. The molecule has 3 heterocycles. The maximum absolute atomic E-state index is 10.6. The van der Waals surface area contributed by atoms with Crippen molar-refractivity contribution in [2.75, 3.05) is 0 Å². The van der Waals surface area contributed by atoms with E-state index in [0.717, 1.165) is 11.1 Å². The van der Waals surface area contributed by atoms with E-state index in [1.54, 1.807) is 22.0 Å². The highest BCUT2D eigenvalue weighted by atomic mass is 32.1. The van der Waals surface area contributed by atoms with Crippen LogP contribution in [0.15, 0.2) is 60.2 Å². The van der Waals surface area contributed by atoms with Crippen molar-refractivity contribution in [1.29, 1.82) is 0 Å². The van der Waals surface area contributed by atoms with Crippen molar-refractivity contribution in [3.05, 3.63) is 71.4 Å². The third-order valence-electron chi connectivity index (χ3n) is 3.79. The molecule has 1 unspecified atom stereocenters. The van der Waals surface area contributed by atoms with Gasteiger partial charge in [-0.1, -0.05) is 24.3 Å². The molecule has 1 atom stereocenters. The van der Waals surface area contributed by atoms with Gasteiger partial charge in [0.05, 0.1) is 17.8 Å². The lowest BCUT2D eigenvalue weighted by molar-refractivity contribution is 0.180. The summed E-state index contributed by atoms with van der Waals surface area (Å²) in [6, 6.07) is 14.2. The van der Waals surface area contributed by atoms with Crippen molar-refractivity contribution < 1.29 is 5.11 Å². The fraction of sp³-hybridized carbons (Fsp3) is 0.118. The van der Waals surface area contributed by atoms with Crippen LogP contribution in [0, 0.1) is 0 Å². The highest BCUT2D eigenvalue weighted by molar-refractivity contribution is 7.17. The third-order valence-corrected chi connectivity index (χ3v) is 4.80. The Morgan fingerprint density at radius 3 is 2.95 bits per heavy atom. The van der Waals surface area contributed by atoms with Gasteiger partial charge in [-0.05, 0) is 34.5 Å². The van der Waals surface area contributed by atoms with Crippen LogP contribution in [0.5, 0.6) is 0 Å². The fourth-order valence-electron chi connectivity index (χ4n) is 2.72. The van der Waals surface area contributed by atoms with Gasteiger partial charge < -0.3 is 5.11 Å². The summed E-state index contributed by atoms with van der Waals surface area (Å²) in [6.07, 6.45) is 3.73. The number of hydrogen-bond acceptors (Lipinski definition) is 3. The van der Waals surface area contributed by atoms with Crippen molar-refractivity contribution in [3.8, 4) is 0 Å². The average Bonchev–Trinajstić information content (AvgIpc) is 3.12. The molecule has 104 valence electrons. The summed E-state index contributed by atoms with van der Waals surface area (Å²) in [7, 11) is 0. The van der Waals surface area contributed by atoms with Crippen LogP contribution in [0.4, 0.5) is 0 Å². The van der Waals surface area contributed by atoms with Gasteiger partial charge in [0.2, 0.25) is 0 Å². The van der Waals surface area contributed by atoms with E-state index in [2.05, 4.69) is 22.6 Å². The lowest BCUT2D eigenvalue weighted by atomic mass is 10.0. The van der Waals surface area contributed by atoms with Gasteiger partial charge in [0.15, 0.2) is 0 Å². The van der Waals surface area contributed by atoms with Gasteiger partial charge in [0.1, 0.15) is 0 Å². The van der Waals surface area contributed by atoms with Gasteiger partial charge in [-0.2, -0.15) is 5.10 Å². The van der Waals surface area contributed by atoms with Gasteiger partial charge in [-0.25, -0.2) is 4.52 Å². The monoisotopic (exact) mass is 294 g/mol.